The van der Waals surface area contributed by atoms with Gasteiger partial charge in [0.25, 0.3) is 0 Å². The molecule has 0 spiro atoms. The zero-order valence-corrected chi connectivity index (χ0v) is 5.89. The van der Waals surface area contributed by atoms with Gasteiger partial charge in [-0.05, 0) is 0 Å². The summed E-state index contributed by atoms with van der Waals surface area (Å²) < 4.78 is 0. The fraction of sp³-hybridized carbons (Fsp3) is 0.750. The minimum atomic E-state index is 0.539. The van der Waals surface area contributed by atoms with Crippen LogP contribution in [0.3, 0.4) is 0 Å². The lowest BCUT2D eigenvalue weighted by Crippen LogP contribution is -2.22. The maximum atomic E-state index is 8.31. The lowest BCUT2D eigenvalue weighted by atomic mass is 10.7. The first-order chi connectivity index (χ1) is 4.38. The van der Waals surface area contributed by atoms with Crippen molar-refractivity contribution in [3.8, 4) is 0 Å². The monoisotopic (exact) mass is 148 g/mol. The quantitative estimate of drug-likeness (QED) is 0.430. The third-order valence-corrected chi connectivity index (χ3v) is 1.98. The Morgan fingerprint density at radius 2 is 2.67 bits per heavy atom. The zero-order valence-electron chi connectivity index (χ0n) is 5.07. The smallest absolute Gasteiger partial charge is 0.226 e. The molecule has 1 fully saturated rings. The van der Waals surface area contributed by atoms with Crippen LogP contribution in [-0.4, -0.2) is 34.8 Å². The predicted octanol–water partition coefficient (Wildman–Crippen LogP) is 0.342. The van der Waals surface area contributed by atoms with Gasteiger partial charge in [-0.3, -0.25) is 4.84 Å². The second-order valence-corrected chi connectivity index (χ2v) is 2.58. The Bertz CT molecular complexity index is 128. The Kier molecular flexibility index (Phi) is 2.18. The number of hydroxylamine groups is 2. The Morgan fingerprint density at radius 3 is 3.11 bits per heavy atom. The summed E-state index contributed by atoms with van der Waals surface area (Å²) in [5.41, 5.74) is 0. The number of oxime groups is 1. The van der Waals surface area contributed by atoms with E-state index in [2.05, 4.69) is 5.16 Å². The topological polar surface area (TPSA) is 45.1 Å². The van der Waals surface area contributed by atoms with Gasteiger partial charge >= 0.3 is 0 Å². The van der Waals surface area contributed by atoms with E-state index in [0.717, 1.165) is 12.3 Å². The molecule has 0 radical (unpaired) electrons. The van der Waals surface area contributed by atoms with Crippen molar-refractivity contribution >= 4 is 16.9 Å². The fourth-order valence-corrected chi connectivity index (χ4v) is 1.44. The summed E-state index contributed by atoms with van der Waals surface area (Å²) in [4.78, 5) is 4.84. The van der Waals surface area contributed by atoms with Gasteiger partial charge in [0.05, 0.1) is 13.7 Å². The average Bonchev–Trinajstić information content (AvgIpc) is 2.33. The molecule has 0 aromatic carbocycles. The van der Waals surface area contributed by atoms with Crippen LogP contribution in [-0.2, 0) is 4.84 Å². The first kappa shape index (κ1) is 6.70. The number of hydrogen-bond donors (Lipinski definition) is 1. The van der Waals surface area contributed by atoms with E-state index in [1.54, 1.807) is 12.2 Å². The third-order valence-electron chi connectivity index (χ3n) is 1.04. The minimum absolute atomic E-state index is 0.539. The maximum Gasteiger partial charge on any atom is 0.226 e. The van der Waals surface area contributed by atoms with Crippen molar-refractivity contribution in [2.75, 3.05) is 19.4 Å². The molecule has 0 saturated carbocycles. The van der Waals surface area contributed by atoms with Crippen molar-refractivity contribution in [2.45, 2.75) is 0 Å². The highest BCUT2D eigenvalue weighted by molar-refractivity contribution is 8.14. The van der Waals surface area contributed by atoms with Crippen LogP contribution < -0.4 is 0 Å². The summed E-state index contributed by atoms with van der Waals surface area (Å²) in [6, 6.07) is 0. The van der Waals surface area contributed by atoms with Crippen LogP contribution in [0.5, 0.6) is 0 Å². The van der Waals surface area contributed by atoms with E-state index in [4.69, 9.17) is 10.0 Å². The normalized spacial score (nSPS) is 23.7. The molecule has 5 heteroatoms. The van der Waals surface area contributed by atoms with Crippen LogP contribution >= 0.6 is 11.8 Å². The molecule has 1 heterocycles. The van der Waals surface area contributed by atoms with E-state index in [0.29, 0.717) is 5.17 Å². The number of rotatable bonds is 1. The van der Waals surface area contributed by atoms with Gasteiger partial charge in [0.15, 0.2) is 0 Å². The van der Waals surface area contributed by atoms with Crippen molar-refractivity contribution in [3.63, 3.8) is 0 Å². The Morgan fingerprint density at radius 1 is 1.89 bits per heavy atom. The summed E-state index contributed by atoms with van der Waals surface area (Å²) in [5.74, 6) is 0.924. The van der Waals surface area contributed by atoms with Crippen LogP contribution in [0.4, 0.5) is 0 Å². The zero-order chi connectivity index (χ0) is 6.69. The molecule has 0 aromatic rings. The Labute approximate surface area is 57.4 Å². The highest BCUT2D eigenvalue weighted by Crippen LogP contribution is 2.16. The molecule has 0 amide bonds. The molecule has 1 aliphatic heterocycles. The van der Waals surface area contributed by atoms with E-state index in [-0.39, 0.29) is 0 Å². The van der Waals surface area contributed by atoms with Gasteiger partial charge in [-0.15, -0.1) is 0 Å². The van der Waals surface area contributed by atoms with E-state index in [9.17, 15) is 0 Å². The SMILES string of the molecule is CON1CCSC1=NO. The van der Waals surface area contributed by atoms with Crippen LogP contribution in [0.2, 0.25) is 0 Å². The van der Waals surface area contributed by atoms with Gasteiger partial charge in [0.2, 0.25) is 5.17 Å². The first-order valence-electron chi connectivity index (χ1n) is 2.55. The third kappa shape index (κ3) is 1.28. The fourth-order valence-electron chi connectivity index (χ4n) is 0.636. The molecule has 9 heavy (non-hydrogen) atoms. The molecule has 0 aliphatic carbocycles. The predicted molar refractivity (Wildman–Crippen MR) is 35.4 cm³/mol. The lowest BCUT2D eigenvalue weighted by molar-refractivity contribution is -0.0554. The van der Waals surface area contributed by atoms with Gasteiger partial charge in [-0.25, -0.2) is 5.06 Å². The summed E-state index contributed by atoms with van der Waals surface area (Å²) in [6.45, 7) is 0.792. The van der Waals surface area contributed by atoms with Crippen LogP contribution in [0.1, 0.15) is 0 Å². The van der Waals surface area contributed by atoms with Crippen LogP contribution in [0.25, 0.3) is 0 Å². The van der Waals surface area contributed by atoms with Gasteiger partial charge in [0.1, 0.15) is 0 Å². The highest BCUT2D eigenvalue weighted by atomic mass is 32.2. The minimum Gasteiger partial charge on any atom is -0.409 e. The second-order valence-electron chi connectivity index (χ2n) is 1.52. The van der Waals surface area contributed by atoms with E-state index in [1.165, 1.54) is 11.8 Å². The molecular formula is C4H8N2O2S. The van der Waals surface area contributed by atoms with Crippen molar-refractivity contribution in [1.29, 1.82) is 0 Å². The van der Waals surface area contributed by atoms with Gasteiger partial charge in [0, 0.05) is 5.75 Å². The molecule has 0 aromatic heterocycles. The first-order valence-corrected chi connectivity index (χ1v) is 3.53. The molecule has 1 rings (SSSR count). The second kappa shape index (κ2) is 2.93. The molecular weight excluding hydrogens is 140 g/mol. The molecule has 0 atom stereocenters. The van der Waals surface area contributed by atoms with Crippen LogP contribution in [0.15, 0.2) is 5.16 Å². The van der Waals surface area contributed by atoms with Crippen LogP contribution in [0, 0.1) is 0 Å². The molecule has 1 saturated heterocycles. The molecule has 4 nitrogen and oxygen atoms in total. The van der Waals surface area contributed by atoms with Crippen molar-refractivity contribution in [2.24, 2.45) is 5.16 Å². The van der Waals surface area contributed by atoms with E-state index < -0.39 is 0 Å². The lowest BCUT2D eigenvalue weighted by Gasteiger charge is -2.10. The number of hydrogen-bond acceptors (Lipinski definition) is 4. The number of nitrogens with zero attached hydrogens (tertiary/aromatic N) is 2. The Balaban J connectivity index is 2.52. The molecule has 0 unspecified atom stereocenters. The van der Waals surface area contributed by atoms with Crippen molar-refractivity contribution in [3.05, 3.63) is 0 Å². The van der Waals surface area contributed by atoms with Crippen molar-refractivity contribution in [1.82, 2.24) is 5.06 Å². The van der Waals surface area contributed by atoms with Gasteiger partial charge in [-0.2, -0.15) is 0 Å². The van der Waals surface area contributed by atoms with Crippen molar-refractivity contribution < 1.29 is 10.0 Å². The summed E-state index contributed by atoms with van der Waals surface area (Å²) in [6.07, 6.45) is 0. The number of thioether (sulfide) groups is 1. The van der Waals surface area contributed by atoms with Gasteiger partial charge < -0.3 is 5.21 Å². The molecule has 1 aliphatic rings. The molecule has 0 bridgehead atoms. The summed E-state index contributed by atoms with van der Waals surface area (Å²) in [5, 5.41) is 13.4. The van der Waals surface area contributed by atoms with E-state index >= 15 is 0 Å². The summed E-state index contributed by atoms with van der Waals surface area (Å²) >= 11 is 1.48. The highest BCUT2D eigenvalue weighted by Gasteiger charge is 2.18. The largest absolute Gasteiger partial charge is 0.409 e. The van der Waals surface area contributed by atoms with E-state index in [1.807, 2.05) is 0 Å². The summed E-state index contributed by atoms with van der Waals surface area (Å²) in [7, 11) is 1.55. The average molecular weight is 148 g/mol. The number of amidine groups is 1. The standard InChI is InChI=1S/C4H8N2O2S/c1-8-6-2-3-9-4(6)5-7/h7H,2-3H2,1H3. The Hall–Kier alpha value is -0.420. The molecule has 1 N–H and O–H groups in total. The maximum absolute atomic E-state index is 8.31. The molecule has 52 valence electrons. The van der Waals surface area contributed by atoms with Gasteiger partial charge in [-0.1, -0.05) is 16.9 Å².